The number of benzene rings is 1. The Morgan fingerprint density at radius 2 is 2.24 bits per heavy atom. The van der Waals surface area contributed by atoms with Crippen molar-refractivity contribution in [3.63, 3.8) is 0 Å². The summed E-state index contributed by atoms with van der Waals surface area (Å²) in [5.41, 5.74) is 2.28. The summed E-state index contributed by atoms with van der Waals surface area (Å²) in [5, 5.41) is 6.85. The summed E-state index contributed by atoms with van der Waals surface area (Å²) in [6.07, 6.45) is 1.01. The molecule has 6 heteroatoms. The molecule has 0 radical (unpaired) electrons. The molecule has 1 fully saturated rings. The van der Waals surface area contributed by atoms with Crippen LogP contribution in [-0.4, -0.2) is 30.3 Å². The van der Waals surface area contributed by atoms with Crippen molar-refractivity contribution in [2.24, 2.45) is 0 Å². The van der Waals surface area contributed by atoms with Gasteiger partial charge in [-0.25, -0.2) is 9.97 Å². The van der Waals surface area contributed by atoms with Gasteiger partial charge in [-0.15, -0.1) is 11.3 Å². The van der Waals surface area contributed by atoms with Crippen molar-refractivity contribution in [2.75, 3.05) is 25.6 Å². The molecule has 3 heterocycles. The van der Waals surface area contributed by atoms with Crippen molar-refractivity contribution in [3.8, 4) is 0 Å². The smallest absolute Gasteiger partial charge is 0.156 e. The maximum Gasteiger partial charge on any atom is 0.156 e. The molecule has 1 atom stereocenters. The Hall–Kier alpha value is -2.02. The predicted molar refractivity (Wildman–Crippen MR) is 100 cm³/mol. The fourth-order valence-electron chi connectivity index (χ4n) is 3.10. The number of thiophene rings is 1. The lowest BCUT2D eigenvalue weighted by Crippen LogP contribution is -2.10. The number of hydrogen-bond acceptors (Lipinski definition) is 6. The second-order valence-corrected chi connectivity index (χ2v) is 7.18. The Labute approximate surface area is 151 Å². The van der Waals surface area contributed by atoms with Gasteiger partial charge >= 0.3 is 0 Å². The van der Waals surface area contributed by atoms with Crippen molar-refractivity contribution in [2.45, 2.75) is 25.5 Å². The summed E-state index contributed by atoms with van der Waals surface area (Å²) < 4.78 is 12.0. The fraction of sp³-hybridized carbons (Fsp3) is 0.368. The third-order valence-electron chi connectivity index (χ3n) is 4.40. The molecule has 1 N–H and O–H groups in total. The van der Waals surface area contributed by atoms with Gasteiger partial charge in [-0.2, -0.15) is 0 Å². The minimum Gasteiger partial charge on any atom is -0.381 e. The van der Waals surface area contributed by atoms with Gasteiger partial charge in [-0.05, 0) is 40.9 Å². The molecule has 1 saturated heterocycles. The summed E-state index contributed by atoms with van der Waals surface area (Å²) in [6.45, 7) is 2.68. The van der Waals surface area contributed by atoms with Gasteiger partial charge in [0.2, 0.25) is 0 Å². The Morgan fingerprint density at radius 1 is 1.28 bits per heavy atom. The van der Waals surface area contributed by atoms with Crippen LogP contribution < -0.4 is 5.32 Å². The zero-order valence-corrected chi connectivity index (χ0v) is 15.0. The first kappa shape index (κ1) is 16.4. The average molecular weight is 355 g/mol. The molecule has 2 aromatic heterocycles. The number of methoxy groups -OCH3 is 1. The fourth-order valence-corrected chi connectivity index (χ4v) is 3.87. The minimum atomic E-state index is 0.348. The van der Waals surface area contributed by atoms with Crippen molar-refractivity contribution in [1.82, 2.24) is 9.97 Å². The standard InChI is InChI=1S/C19H21N3O2S/c1-23-12-19-21-16(15-4-6-24-11-15)9-18(22-19)20-10-13-2-3-17-14(8-13)5-7-25-17/h2-3,5,7-9,15H,4,6,10-12H2,1H3,(H,20,21,22)/t15-/m0/s1. The van der Waals surface area contributed by atoms with Crippen molar-refractivity contribution < 1.29 is 9.47 Å². The summed E-state index contributed by atoms with van der Waals surface area (Å²) in [7, 11) is 1.66. The van der Waals surface area contributed by atoms with E-state index in [1.54, 1.807) is 18.4 Å². The van der Waals surface area contributed by atoms with Crippen molar-refractivity contribution in [3.05, 3.63) is 52.8 Å². The lowest BCUT2D eigenvalue weighted by molar-refractivity contribution is 0.177. The second kappa shape index (κ2) is 7.47. The molecule has 3 aromatic rings. The summed E-state index contributed by atoms with van der Waals surface area (Å²) in [4.78, 5) is 9.22. The number of nitrogens with zero attached hydrogens (tertiary/aromatic N) is 2. The molecule has 0 amide bonds. The van der Waals surface area contributed by atoms with Crippen LogP contribution >= 0.6 is 11.3 Å². The largest absolute Gasteiger partial charge is 0.381 e. The third-order valence-corrected chi connectivity index (χ3v) is 5.30. The summed E-state index contributed by atoms with van der Waals surface area (Å²) in [5.74, 6) is 1.90. The molecule has 4 rings (SSSR count). The SMILES string of the molecule is COCc1nc(NCc2ccc3sccc3c2)cc([C@H]2CCOC2)n1. The zero-order valence-electron chi connectivity index (χ0n) is 14.2. The van der Waals surface area contributed by atoms with E-state index in [1.807, 2.05) is 6.07 Å². The molecule has 0 aliphatic carbocycles. The van der Waals surface area contributed by atoms with Crippen LogP contribution in [0.5, 0.6) is 0 Å². The first-order valence-electron chi connectivity index (χ1n) is 8.46. The van der Waals surface area contributed by atoms with E-state index in [4.69, 9.17) is 9.47 Å². The van der Waals surface area contributed by atoms with Crippen molar-refractivity contribution >= 4 is 27.2 Å². The topological polar surface area (TPSA) is 56.3 Å². The molecule has 0 spiro atoms. The van der Waals surface area contributed by atoms with Gasteiger partial charge in [0.25, 0.3) is 0 Å². The number of ether oxygens (including phenoxy) is 2. The quantitative estimate of drug-likeness (QED) is 0.725. The Balaban J connectivity index is 1.53. The zero-order chi connectivity index (χ0) is 17.1. The Morgan fingerprint density at radius 3 is 3.08 bits per heavy atom. The molecule has 0 saturated carbocycles. The van der Waals surface area contributed by atoms with E-state index in [-0.39, 0.29) is 0 Å². The minimum absolute atomic E-state index is 0.348. The average Bonchev–Trinajstić information content (AvgIpc) is 3.31. The molecule has 1 aromatic carbocycles. The maximum absolute atomic E-state index is 5.50. The van der Waals surface area contributed by atoms with E-state index in [9.17, 15) is 0 Å². The number of aromatic nitrogens is 2. The van der Waals surface area contributed by atoms with E-state index in [2.05, 4.69) is 44.9 Å². The Bertz CT molecular complexity index is 859. The monoisotopic (exact) mass is 355 g/mol. The Kier molecular flexibility index (Phi) is 4.92. The van der Waals surface area contributed by atoms with Crippen LogP contribution in [-0.2, 0) is 22.6 Å². The van der Waals surface area contributed by atoms with Gasteiger partial charge in [0.1, 0.15) is 12.4 Å². The van der Waals surface area contributed by atoms with E-state index in [0.717, 1.165) is 37.7 Å². The predicted octanol–water partition coefficient (Wildman–Crippen LogP) is 3.95. The second-order valence-electron chi connectivity index (χ2n) is 6.23. The number of hydrogen-bond donors (Lipinski definition) is 1. The first-order valence-corrected chi connectivity index (χ1v) is 9.34. The lowest BCUT2D eigenvalue weighted by Gasteiger charge is -2.13. The van der Waals surface area contributed by atoms with Gasteiger partial charge in [-0.3, -0.25) is 0 Å². The highest BCUT2D eigenvalue weighted by Crippen LogP contribution is 2.26. The van der Waals surface area contributed by atoms with Crippen LogP contribution in [0.4, 0.5) is 5.82 Å². The van der Waals surface area contributed by atoms with Crippen LogP contribution in [0.3, 0.4) is 0 Å². The first-order chi connectivity index (χ1) is 12.3. The van der Waals surface area contributed by atoms with Crippen LogP contribution in [0, 0.1) is 0 Å². The molecule has 1 aliphatic rings. The van der Waals surface area contributed by atoms with Crippen LogP contribution in [0.2, 0.25) is 0 Å². The van der Waals surface area contributed by atoms with Gasteiger partial charge in [-0.1, -0.05) is 6.07 Å². The highest BCUT2D eigenvalue weighted by atomic mass is 32.1. The summed E-state index contributed by atoms with van der Waals surface area (Å²) >= 11 is 1.77. The molecular weight excluding hydrogens is 334 g/mol. The number of nitrogens with one attached hydrogen (secondary N) is 1. The molecular formula is C19H21N3O2S. The van der Waals surface area contributed by atoms with E-state index in [1.165, 1.54) is 15.6 Å². The van der Waals surface area contributed by atoms with E-state index >= 15 is 0 Å². The van der Waals surface area contributed by atoms with Crippen LogP contribution in [0.25, 0.3) is 10.1 Å². The number of rotatable bonds is 6. The van der Waals surface area contributed by atoms with Gasteiger partial charge < -0.3 is 14.8 Å². The summed E-state index contributed by atoms with van der Waals surface area (Å²) in [6, 6.07) is 10.8. The van der Waals surface area contributed by atoms with Gasteiger partial charge in [0.05, 0.1) is 12.3 Å². The number of anilines is 1. The molecule has 5 nitrogen and oxygen atoms in total. The van der Waals surface area contributed by atoms with Crippen LogP contribution in [0.15, 0.2) is 35.7 Å². The van der Waals surface area contributed by atoms with Crippen LogP contribution in [0.1, 0.15) is 29.4 Å². The molecule has 25 heavy (non-hydrogen) atoms. The van der Waals surface area contributed by atoms with Gasteiger partial charge in [0.15, 0.2) is 5.82 Å². The van der Waals surface area contributed by atoms with Crippen molar-refractivity contribution in [1.29, 1.82) is 0 Å². The molecule has 1 aliphatic heterocycles. The number of fused-ring (bicyclic) bond motifs is 1. The third kappa shape index (κ3) is 3.81. The molecule has 130 valence electrons. The lowest BCUT2D eigenvalue weighted by atomic mass is 10.0. The maximum atomic E-state index is 5.50. The normalized spacial score (nSPS) is 17.2. The molecule has 0 unspecified atom stereocenters. The van der Waals surface area contributed by atoms with Gasteiger partial charge in [0, 0.05) is 36.9 Å². The van der Waals surface area contributed by atoms with E-state index in [0.29, 0.717) is 18.3 Å². The highest BCUT2D eigenvalue weighted by Gasteiger charge is 2.20. The molecule has 0 bridgehead atoms. The van der Waals surface area contributed by atoms with E-state index < -0.39 is 0 Å². The highest BCUT2D eigenvalue weighted by molar-refractivity contribution is 7.17.